The number of halogens is 3. The van der Waals surface area contributed by atoms with Gasteiger partial charge in [-0.2, -0.15) is 21.6 Å². The quantitative estimate of drug-likeness (QED) is 0.270. The van der Waals surface area contributed by atoms with Gasteiger partial charge in [-0.05, 0) is 25.7 Å². The van der Waals surface area contributed by atoms with Gasteiger partial charge < -0.3 is 0 Å². The van der Waals surface area contributed by atoms with Gasteiger partial charge in [0.25, 0.3) is 0 Å². The number of unbranched alkanes of at least 4 members (excludes halogenated alkanes) is 7. The molecule has 0 aromatic rings. The molecule has 0 N–H and O–H groups in total. The number of rotatable bonds is 16. The van der Waals surface area contributed by atoms with E-state index in [2.05, 4.69) is 6.92 Å². The van der Waals surface area contributed by atoms with Gasteiger partial charge in [-0.15, -0.1) is 0 Å². The number of ketones is 1. The third-order valence-electron chi connectivity index (χ3n) is 4.45. The maximum absolute atomic E-state index is 13.1. The molecular formula is C20H36F3NO3S. The van der Waals surface area contributed by atoms with E-state index in [1.165, 1.54) is 6.08 Å². The van der Waals surface area contributed by atoms with Crippen LogP contribution in [-0.2, 0) is 14.8 Å². The molecule has 0 fully saturated rings. The minimum absolute atomic E-state index is 0.0313. The third-order valence-corrected chi connectivity index (χ3v) is 6.04. The molecule has 0 saturated heterocycles. The first-order valence-corrected chi connectivity index (χ1v) is 11.8. The van der Waals surface area contributed by atoms with Crippen molar-refractivity contribution >= 4 is 15.8 Å². The number of allylic oxidation sites excluding steroid dienone is 2. The average molecular weight is 428 g/mol. The van der Waals surface area contributed by atoms with Crippen molar-refractivity contribution in [2.24, 2.45) is 0 Å². The van der Waals surface area contributed by atoms with Crippen LogP contribution in [0.15, 0.2) is 11.8 Å². The molecule has 166 valence electrons. The lowest BCUT2D eigenvalue weighted by molar-refractivity contribution is -0.118. The summed E-state index contributed by atoms with van der Waals surface area (Å²) in [5.74, 6) is -0.214. The highest BCUT2D eigenvalue weighted by Gasteiger charge is 2.50. The summed E-state index contributed by atoms with van der Waals surface area (Å²) < 4.78 is 63.9. The number of sulfonamides is 1. The zero-order valence-electron chi connectivity index (χ0n) is 17.5. The van der Waals surface area contributed by atoms with Crippen molar-refractivity contribution in [2.45, 2.75) is 103 Å². The molecule has 0 amide bonds. The zero-order valence-corrected chi connectivity index (χ0v) is 18.3. The molecule has 0 aromatic heterocycles. The number of carbonyl (C=O) groups excluding carboxylic acids is 1. The van der Waals surface area contributed by atoms with Gasteiger partial charge in [-0.3, -0.25) is 9.10 Å². The Balaban J connectivity index is 5.40. The second kappa shape index (κ2) is 14.0. The van der Waals surface area contributed by atoms with Gasteiger partial charge in [0.2, 0.25) is 0 Å². The van der Waals surface area contributed by atoms with E-state index in [1.54, 1.807) is 6.92 Å². The van der Waals surface area contributed by atoms with E-state index in [-0.39, 0.29) is 37.3 Å². The van der Waals surface area contributed by atoms with E-state index in [1.807, 2.05) is 6.92 Å². The Morgan fingerprint density at radius 3 is 1.96 bits per heavy atom. The minimum Gasteiger partial charge on any atom is -0.299 e. The van der Waals surface area contributed by atoms with Crippen molar-refractivity contribution in [1.82, 2.24) is 4.31 Å². The molecule has 0 bridgehead atoms. The maximum atomic E-state index is 13.1. The number of carbonyl (C=O) groups is 1. The highest BCUT2D eigenvalue weighted by Crippen LogP contribution is 2.31. The van der Waals surface area contributed by atoms with Crippen molar-refractivity contribution in [3.8, 4) is 0 Å². The van der Waals surface area contributed by atoms with Crippen molar-refractivity contribution in [3.63, 3.8) is 0 Å². The third kappa shape index (κ3) is 9.94. The number of nitrogens with zero attached hydrogens (tertiary/aromatic N) is 1. The smallest absolute Gasteiger partial charge is 0.299 e. The fraction of sp³-hybridized carbons (Fsp3) is 0.850. The van der Waals surface area contributed by atoms with Gasteiger partial charge in [-0.1, -0.05) is 65.4 Å². The normalized spacial score (nSPS) is 13.0. The molecule has 28 heavy (non-hydrogen) atoms. The number of Topliss-reactive ketones (excluding diaryl/α,β-unsaturated/α-hetero) is 1. The summed E-state index contributed by atoms with van der Waals surface area (Å²) in [6.45, 7) is 5.43. The molecular weight excluding hydrogens is 391 g/mol. The van der Waals surface area contributed by atoms with Crippen molar-refractivity contribution in [1.29, 1.82) is 0 Å². The van der Waals surface area contributed by atoms with Gasteiger partial charge in [0.05, 0.1) is 0 Å². The van der Waals surface area contributed by atoms with Gasteiger partial charge in [0.1, 0.15) is 5.78 Å². The predicted octanol–water partition coefficient (Wildman–Crippen LogP) is 6.33. The summed E-state index contributed by atoms with van der Waals surface area (Å²) in [5, 5.41) is 0. The van der Waals surface area contributed by atoms with Crippen molar-refractivity contribution in [3.05, 3.63) is 11.8 Å². The Kier molecular flexibility index (Phi) is 13.5. The molecule has 0 rings (SSSR count). The summed E-state index contributed by atoms with van der Waals surface area (Å²) in [6.07, 6.45) is 9.50. The first kappa shape index (κ1) is 27.0. The molecule has 0 saturated carbocycles. The molecule has 0 aromatic carbocycles. The van der Waals surface area contributed by atoms with Gasteiger partial charge in [0, 0.05) is 25.1 Å². The van der Waals surface area contributed by atoms with Gasteiger partial charge in [0.15, 0.2) is 0 Å². The molecule has 8 heteroatoms. The molecule has 0 aliphatic heterocycles. The molecule has 4 nitrogen and oxygen atoms in total. The van der Waals surface area contributed by atoms with Crippen LogP contribution in [0.3, 0.4) is 0 Å². The van der Waals surface area contributed by atoms with Crippen LogP contribution in [0.4, 0.5) is 13.2 Å². The van der Waals surface area contributed by atoms with Gasteiger partial charge >= 0.3 is 15.5 Å². The van der Waals surface area contributed by atoms with E-state index in [0.717, 1.165) is 44.9 Å². The molecule has 0 aliphatic rings. The number of alkyl halides is 3. The van der Waals surface area contributed by atoms with Crippen LogP contribution in [0, 0.1) is 0 Å². The Hall–Kier alpha value is -1.05. The Labute approximate surface area is 168 Å². The highest BCUT2D eigenvalue weighted by atomic mass is 32.2. The fourth-order valence-corrected chi connectivity index (χ4v) is 4.01. The van der Waals surface area contributed by atoms with Gasteiger partial charge in [-0.25, -0.2) is 0 Å². The lowest BCUT2D eigenvalue weighted by Gasteiger charge is -2.27. The van der Waals surface area contributed by atoms with Crippen LogP contribution in [0.5, 0.6) is 0 Å². The van der Waals surface area contributed by atoms with E-state index in [0.29, 0.717) is 17.1 Å². The van der Waals surface area contributed by atoms with Crippen LogP contribution in [-0.4, -0.2) is 30.6 Å². The van der Waals surface area contributed by atoms with Crippen molar-refractivity contribution < 1.29 is 26.4 Å². The van der Waals surface area contributed by atoms with E-state index in [4.69, 9.17) is 0 Å². The highest BCUT2D eigenvalue weighted by molar-refractivity contribution is 7.90. The Morgan fingerprint density at radius 1 is 0.893 bits per heavy atom. The summed E-state index contributed by atoms with van der Waals surface area (Å²) in [4.78, 5) is 12.3. The molecule has 0 atom stereocenters. The van der Waals surface area contributed by atoms with E-state index < -0.39 is 15.5 Å². The average Bonchev–Trinajstić information content (AvgIpc) is 2.61. The Morgan fingerprint density at radius 2 is 1.46 bits per heavy atom. The first-order chi connectivity index (χ1) is 13.1. The van der Waals surface area contributed by atoms with Crippen LogP contribution in [0.2, 0.25) is 0 Å². The minimum atomic E-state index is -5.51. The van der Waals surface area contributed by atoms with Crippen molar-refractivity contribution in [2.75, 3.05) is 6.54 Å². The standard InChI is InChI=1S/C20H36F3NO3S/c1-4-7-9-11-12-14-18(17-19(25)15-13-10-8-5-2)24(16-6-3)28(26,27)20(21,22)23/h14H,4-13,15-17H2,1-3H3/b18-14+. The lowest BCUT2D eigenvalue weighted by Crippen LogP contribution is -2.41. The van der Waals surface area contributed by atoms with Crippen LogP contribution < -0.4 is 0 Å². The molecule has 0 spiro atoms. The summed E-state index contributed by atoms with van der Waals surface area (Å²) in [7, 11) is -5.51. The van der Waals surface area contributed by atoms with Crippen LogP contribution >= 0.6 is 0 Å². The van der Waals surface area contributed by atoms with Crippen LogP contribution in [0.25, 0.3) is 0 Å². The largest absolute Gasteiger partial charge is 0.516 e. The second-order valence-corrected chi connectivity index (χ2v) is 8.95. The first-order valence-electron chi connectivity index (χ1n) is 10.4. The monoisotopic (exact) mass is 427 g/mol. The van der Waals surface area contributed by atoms with E-state index in [9.17, 15) is 26.4 Å². The van der Waals surface area contributed by atoms with E-state index >= 15 is 0 Å². The lowest BCUT2D eigenvalue weighted by atomic mass is 10.1. The number of hydrogen-bond donors (Lipinski definition) is 0. The summed E-state index contributed by atoms with van der Waals surface area (Å²) >= 11 is 0. The second-order valence-electron chi connectivity index (χ2n) is 7.09. The molecule has 0 unspecified atom stereocenters. The summed E-state index contributed by atoms with van der Waals surface area (Å²) in [5.41, 5.74) is -5.41. The zero-order chi connectivity index (χ0) is 21.6. The molecule has 0 heterocycles. The summed E-state index contributed by atoms with van der Waals surface area (Å²) in [6, 6.07) is 0. The van der Waals surface area contributed by atoms with Crippen LogP contribution in [0.1, 0.15) is 97.8 Å². The number of hydrogen-bond acceptors (Lipinski definition) is 3. The predicted molar refractivity (Wildman–Crippen MR) is 107 cm³/mol. The fourth-order valence-electron chi connectivity index (χ4n) is 2.89. The Bertz CT molecular complexity index is 572. The SMILES string of the molecule is CCCCCC/C=C(\CC(=O)CCCCCC)N(CCC)S(=O)(=O)C(F)(F)F. The maximum Gasteiger partial charge on any atom is 0.516 e. The molecule has 0 radical (unpaired) electrons. The molecule has 0 aliphatic carbocycles. The topological polar surface area (TPSA) is 54.5 Å².